The van der Waals surface area contributed by atoms with E-state index in [1.165, 1.54) is 19.5 Å². The molecule has 0 unspecified atom stereocenters. The molecule has 0 saturated heterocycles. The fourth-order valence-electron chi connectivity index (χ4n) is 2.37. The number of esters is 1. The molecular weight excluding hydrogens is 246 g/mol. The average molecular weight is 263 g/mol. The highest BCUT2D eigenvalue weighted by Gasteiger charge is 2.29. The van der Waals surface area contributed by atoms with Crippen molar-refractivity contribution < 1.29 is 14.3 Å². The maximum atomic E-state index is 12.4. The molecule has 0 bridgehead atoms. The van der Waals surface area contributed by atoms with Crippen molar-refractivity contribution >= 4 is 11.9 Å². The van der Waals surface area contributed by atoms with Crippen LogP contribution in [0.5, 0.6) is 0 Å². The zero-order valence-electron chi connectivity index (χ0n) is 10.9. The van der Waals surface area contributed by atoms with Crippen molar-refractivity contribution in [2.75, 3.05) is 13.7 Å². The fraction of sp³-hybridized carbons (Fsp3) is 0.538. The summed E-state index contributed by atoms with van der Waals surface area (Å²) in [5, 5.41) is 7.35. The number of methoxy groups -OCH3 is 1. The first-order valence-electron chi connectivity index (χ1n) is 6.37. The van der Waals surface area contributed by atoms with Crippen molar-refractivity contribution in [3.63, 3.8) is 0 Å². The molecule has 1 fully saturated rings. The molecule has 1 aromatic heterocycles. The van der Waals surface area contributed by atoms with Gasteiger partial charge in [-0.05, 0) is 18.9 Å². The van der Waals surface area contributed by atoms with Gasteiger partial charge in [0, 0.05) is 6.04 Å². The first kappa shape index (κ1) is 13.5. The van der Waals surface area contributed by atoms with Crippen LogP contribution in [0.1, 0.15) is 36.0 Å². The quantitative estimate of drug-likeness (QED) is 0.759. The molecule has 2 rings (SSSR count). The number of nitrogens with zero attached hydrogens (tertiary/aromatic N) is 3. The molecule has 0 aromatic carbocycles. The van der Waals surface area contributed by atoms with E-state index in [0.29, 0.717) is 5.56 Å². The first-order valence-corrected chi connectivity index (χ1v) is 6.37. The Morgan fingerprint density at radius 3 is 2.68 bits per heavy atom. The Balaban J connectivity index is 2.16. The average Bonchev–Trinajstić information content (AvgIpc) is 2.98. The van der Waals surface area contributed by atoms with Crippen molar-refractivity contribution in [3.05, 3.63) is 24.0 Å². The Morgan fingerprint density at radius 2 is 2.11 bits per heavy atom. The van der Waals surface area contributed by atoms with Crippen LogP contribution in [0.2, 0.25) is 0 Å². The number of amides is 1. The summed E-state index contributed by atoms with van der Waals surface area (Å²) in [5.41, 5.74) is 0.450. The van der Waals surface area contributed by atoms with E-state index >= 15 is 0 Å². The van der Waals surface area contributed by atoms with Crippen molar-refractivity contribution in [3.8, 4) is 0 Å². The van der Waals surface area contributed by atoms with Gasteiger partial charge < -0.3 is 9.64 Å². The van der Waals surface area contributed by atoms with Gasteiger partial charge in [0.2, 0.25) is 0 Å². The zero-order valence-corrected chi connectivity index (χ0v) is 10.9. The van der Waals surface area contributed by atoms with Crippen LogP contribution in [-0.4, -0.2) is 46.7 Å². The minimum absolute atomic E-state index is 0.0116. The standard InChI is InChI=1S/C13H17N3O3/c1-19-12(17)9-16(11-4-2-3-5-11)13(18)10-6-7-14-15-8-10/h6-8,11H,2-5,9H2,1H3. The Hall–Kier alpha value is -1.98. The number of rotatable bonds is 4. The van der Waals surface area contributed by atoms with Crippen molar-refractivity contribution in [1.29, 1.82) is 0 Å². The third kappa shape index (κ3) is 3.27. The van der Waals surface area contributed by atoms with Gasteiger partial charge in [-0.1, -0.05) is 12.8 Å². The Morgan fingerprint density at radius 1 is 1.37 bits per heavy atom. The minimum atomic E-state index is -0.401. The molecule has 0 atom stereocenters. The molecule has 102 valence electrons. The number of carbonyl (C=O) groups excluding carboxylic acids is 2. The minimum Gasteiger partial charge on any atom is -0.468 e. The summed E-state index contributed by atoms with van der Waals surface area (Å²) >= 11 is 0. The van der Waals surface area contributed by atoms with Gasteiger partial charge in [0.1, 0.15) is 6.54 Å². The van der Waals surface area contributed by atoms with E-state index in [4.69, 9.17) is 0 Å². The van der Waals surface area contributed by atoms with E-state index < -0.39 is 5.97 Å². The summed E-state index contributed by atoms with van der Waals surface area (Å²) in [6, 6.07) is 1.72. The molecule has 0 aliphatic heterocycles. The van der Waals surface area contributed by atoms with Crippen LogP contribution < -0.4 is 0 Å². The normalized spacial score (nSPS) is 15.2. The van der Waals surface area contributed by atoms with Crippen molar-refractivity contribution in [2.24, 2.45) is 0 Å². The van der Waals surface area contributed by atoms with Gasteiger partial charge in [0.25, 0.3) is 5.91 Å². The van der Waals surface area contributed by atoms with Gasteiger partial charge in [0.15, 0.2) is 0 Å². The Kier molecular flexibility index (Phi) is 4.43. The second kappa shape index (κ2) is 6.26. The van der Waals surface area contributed by atoms with Crippen LogP contribution in [0.25, 0.3) is 0 Å². The molecule has 19 heavy (non-hydrogen) atoms. The number of ether oxygens (including phenoxy) is 1. The Bertz CT molecular complexity index is 444. The molecule has 6 heteroatoms. The van der Waals surface area contributed by atoms with E-state index in [1.54, 1.807) is 11.0 Å². The predicted octanol–water partition coefficient (Wildman–Crippen LogP) is 1.03. The predicted molar refractivity (Wildman–Crippen MR) is 67.3 cm³/mol. The summed E-state index contributed by atoms with van der Waals surface area (Å²) in [6.07, 6.45) is 6.93. The SMILES string of the molecule is COC(=O)CN(C(=O)c1ccnnc1)C1CCCC1. The van der Waals surface area contributed by atoms with Crippen molar-refractivity contribution in [2.45, 2.75) is 31.7 Å². The van der Waals surface area contributed by atoms with E-state index in [0.717, 1.165) is 25.7 Å². The van der Waals surface area contributed by atoms with Crippen molar-refractivity contribution in [1.82, 2.24) is 15.1 Å². The molecule has 1 aliphatic carbocycles. The maximum Gasteiger partial charge on any atom is 0.325 e. The molecule has 0 N–H and O–H groups in total. The Labute approximate surface area is 111 Å². The number of hydrogen-bond acceptors (Lipinski definition) is 5. The lowest BCUT2D eigenvalue weighted by molar-refractivity contribution is -0.141. The van der Waals surface area contributed by atoms with Gasteiger partial charge >= 0.3 is 5.97 Å². The van der Waals surface area contributed by atoms with Crippen LogP contribution in [0, 0.1) is 0 Å². The highest BCUT2D eigenvalue weighted by molar-refractivity contribution is 5.95. The largest absolute Gasteiger partial charge is 0.468 e. The number of hydrogen-bond donors (Lipinski definition) is 0. The van der Waals surface area contributed by atoms with Gasteiger partial charge in [-0.15, -0.1) is 0 Å². The molecule has 0 radical (unpaired) electrons. The molecule has 1 aliphatic rings. The summed E-state index contributed by atoms with van der Waals surface area (Å²) in [4.78, 5) is 25.5. The highest BCUT2D eigenvalue weighted by Crippen LogP contribution is 2.24. The molecule has 0 spiro atoms. The summed E-state index contributed by atoms with van der Waals surface area (Å²) in [6.45, 7) is -0.0116. The van der Waals surface area contributed by atoms with Crippen LogP contribution in [0.15, 0.2) is 18.5 Å². The zero-order chi connectivity index (χ0) is 13.7. The molecular formula is C13H17N3O3. The highest BCUT2D eigenvalue weighted by atomic mass is 16.5. The maximum absolute atomic E-state index is 12.4. The molecule has 1 aromatic rings. The lowest BCUT2D eigenvalue weighted by Gasteiger charge is -2.27. The molecule has 1 heterocycles. The first-order chi connectivity index (χ1) is 9.22. The summed E-state index contributed by atoms with van der Waals surface area (Å²) in [5.74, 6) is -0.588. The van der Waals surface area contributed by atoms with Crippen LogP contribution in [-0.2, 0) is 9.53 Å². The third-order valence-corrected chi connectivity index (χ3v) is 3.38. The fourth-order valence-corrected chi connectivity index (χ4v) is 2.37. The lowest BCUT2D eigenvalue weighted by Crippen LogP contribution is -2.42. The smallest absolute Gasteiger partial charge is 0.325 e. The molecule has 1 amide bonds. The topological polar surface area (TPSA) is 72.4 Å². The third-order valence-electron chi connectivity index (χ3n) is 3.38. The second-order valence-corrected chi connectivity index (χ2v) is 4.58. The van der Waals surface area contributed by atoms with E-state index in [-0.39, 0.29) is 18.5 Å². The van der Waals surface area contributed by atoms with Gasteiger partial charge in [0.05, 0.1) is 25.1 Å². The van der Waals surface area contributed by atoms with Crippen LogP contribution in [0.4, 0.5) is 0 Å². The van der Waals surface area contributed by atoms with Crippen LogP contribution >= 0.6 is 0 Å². The van der Waals surface area contributed by atoms with E-state index in [1.807, 2.05) is 0 Å². The molecule has 1 saturated carbocycles. The second-order valence-electron chi connectivity index (χ2n) is 4.58. The monoisotopic (exact) mass is 263 g/mol. The summed E-state index contributed by atoms with van der Waals surface area (Å²) < 4.78 is 4.67. The lowest BCUT2D eigenvalue weighted by atomic mass is 10.1. The number of carbonyl (C=O) groups is 2. The van der Waals surface area contributed by atoms with E-state index in [2.05, 4.69) is 14.9 Å². The van der Waals surface area contributed by atoms with Crippen LogP contribution in [0.3, 0.4) is 0 Å². The van der Waals surface area contributed by atoms with Gasteiger partial charge in [-0.25, -0.2) is 0 Å². The molecule has 6 nitrogen and oxygen atoms in total. The number of aromatic nitrogens is 2. The van der Waals surface area contributed by atoms with E-state index in [9.17, 15) is 9.59 Å². The summed E-state index contributed by atoms with van der Waals surface area (Å²) in [7, 11) is 1.33. The van der Waals surface area contributed by atoms with Gasteiger partial charge in [-0.2, -0.15) is 10.2 Å². The van der Waals surface area contributed by atoms with Gasteiger partial charge in [-0.3, -0.25) is 9.59 Å².